The first-order valence-corrected chi connectivity index (χ1v) is 14.7. The van der Waals surface area contributed by atoms with Crippen molar-refractivity contribution in [3.05, 3.63) is 88.3 Å². The Morgan fingerprint density at radius 1 is 0.773 bits per heavy atom. The minimum atomic E-state index is -4.34. The second-order valence-corrected chi connectivity index (χ2v) is 11.6. The van der Waals surface area contributed by atoms with Crippen molar-refractivity contribution in [2.24, 2.45) is 0 Å². The van der Waals surface area contributed by atoms with Crippen molar-refractivity contribution in [3.63, 3.8) is 0 Å². The highest BCUT2D eigenvalue weighted by atomic mass is 32.2. The van der Waals surface area contributed by atoms with E-state index in [1.165, 1.54) is 12.1 Å². The van der Waals surface area contributed by atoms with Crippen LogP contribution in [0.2, 0.25) is 0 Å². The first-order chi connectivity index (χ1) is 21.1. The lowest BCUT2D eigenvalue weighted by molar-refractivity contribution is -0.115. The number of hydrogen-bond acceptors (Lipinski definition) is 10. The van der Waals surface area contributed by atoms with E-state index in [-0.39, 0.29) is 40.8 Å². The second-order valence-electron chi connectivity index (χ2n) is 10.2. The van der Waals surface area contributed by atoms with Crippen molar-refractivity contribution in [1.29, 1.82) is 0 Å². The number of nitrogens with zero attached hydrogens (tertiary/aromatic N) is 3. The zero-order valence-corrected chi connectivity index (χ0v) is 23.7. The normalized spacial score (nSPS) is 12.7. The van der Waals surface area contributed by atoms with E-state index in [9.17, 15) is 22.6 Å². The second kappa shape index (κ2) is 10.2. The maximum absolute atomic E-state index is 11.8. The number of aromatic nitrogens is 5. The van der Waals surface area contributed by atoms with Gasteiger partial charge < -0.3 is 31.2 Å². The summed E-state index contributed by atoms with van der Waals surface area (Å²) in [6.45, 7) is 1.87. The van der Waals surface area contributed by atoms with Crippen LogP contribution in [0.1, 0.15) is 11.1 Å². The Bertz CT molecular complexity index is 2310. The van der Waals surface area contributed by atoms with E-state index in [0.717, 1.165) is 22.2 Å². The highest BCUT2D eigenvalue weighted by Gasteiger charge is 2.18. The molecule has 14 nitrogen and oxygen atoms in total. The van der Waals surface area contributed by atoms with Crippen LogP contribution in [0, 0.1) is 6.92 Å². The number of benzene rings is 4. The van der Waals surface area contributed by atoms with E-state index in [2.05, 4.69) is 46.2 Å². The fourth-order valence-corrected chi connectivity index (χ4v) is 5.61. The predicted octanol–water partition coefficient (Wildman–Crippen LogP) is 4.47. The van der Waals surface area contributed by atoms with Gasteiger partial charge in [0.15, 0.2) is 0 Å². The molecule has 220 valence electrons. The number of H-pyrrole nitrogens is 2. The highest BCUT2D eigenvalue weighted by Crippen LogP contribution is 2.31. The molecule has 1 aliphatic rings. The monoisotopic (exact) mass is 609 g/mol. The van der Waals surface area contributed by atoms with E-state index in [1.54, 1.807) is 48.5 Å². The Morgan fingerprint density at radius 3 is 2.20 bits per heavy atom. The molecule has 0 bridgehead atoms. The quantitative estimate of drug-likeness (QED) is 0.126. The summed E-state index contributed by atoms with van der Waals surface area (Å²) in [4.78, 5) is 42.4. The van der Waals surface area contributed by atoms with Crippen LogP contribution in [0.4, 0.5) is 40.6 Å². The summed E-state index contributed by atoms with van der Waals surface area (Å²) in [6.07, 6.45) is 0.276. The van der Waals surface area contributed by atoms with Gasteiger partial charge >= 0.3 is 5.69 Å². The number of nitrogens with one attached hydrogen (secondary N) is 6. The van der Waals surface area contributed by atoms with Crippen molar-refractivity contribution in [2.75, 3.05) is 21.3 Å². The van der Waals surface area contributed by atoms with Crippen molar-refractivity contribution >= 4 is 78.4 Å². The van der Waals surface area contributed by atoms with Crippen molar-refractivity contribution in [1.82, 2.24) is 24.9 Å². The largest absolute Gasteiger partial charge is 0.326 e. The number of carbonyl (C=O) groups is 1. The summed E-state index contributed by atoms with van der Waals surface area (Å²) in [5.74, 6) is 0.554. The summed E-state index contributed by atoms with van der Waals surface area (Å²) >= 11 is 0. The van der Waals surface area contributed by atoms with Crippen LogP contribution in [0.3, 0.4) is 0 Å². The fraction of sp³-hybridized carbons (Fsp3) is 0.0690. The molecule has 0 unspecified atom stereocenters. The van der Waals surface area contributed by atoms with Gasteiger partial charge in [0.05, 0.1) is 22.3 Å². The summed E-state index contributed by atoms with van der Waals surface area (Å²) in [7, 11) is -4.34. The number of carbonyl (C=O) groups excluding carboxylic acids is 1. The number of amides is 1. The van der Waals surface area contributed by atoms with E-state index >= 15 is 0 Å². The first kappa shape index (κ1) is 27.1. The van der Waals surface area contributed by atoms with E-state index in [0.29, 0.717) is 33.5 Å². The number of imidazole rings is 1. The van der Waals surface area contributed by atoms with Gasteiger partial charge in [-0.05, 0) is 83.4 Å². The summed E-state index contributed by atoms with van der Waals surface area (Å²) in [5, 5.41) is 13.8. The summed E-state index contributed by atoms with van der Waals surface area (Å²) in [5.41, 5.74) is 5.30. The van der Waals surface area contributed by atoms with Crippen LogP contribution >= 0.6 is 0 Å². The zero-order chi connectivity index (χ0) is 30.6. The Balaban J connectivity index is 1.25. The van der Waals surface area contributed by atoms with Gasteiger partial charge in [0, 0.05) is 22.7 Å². The third-order valence-corrected chi connectivity index (χ3v) is 8.05. The molecule has 3 heterocycles. The Labute approximate surface area is 248 Å². The van der Waals surface area contributed by atoms with Gasteiger partial charge in [-0.1, -0.05) is 12.1 Å². The van der Waals surface area contributed by atoms with Crippen LogP contribution in [-0.4, -0.2) is 43.8 Å². The van der Waals surface area contributed by atoms with Crippen molar-refractivity contribution in [3.8, 4) is 0 Å². The molecule has 0 spiro atoms. The standard InChI is InChI=1S/C29H23N9O5S/c1-14-20-6-5-19(44(41,42)43)11-15(20)2-7-21(14)33-28-37-26(30-17-3-8-22-16(10-17)12-25(39)32-22)36-27(38-28)31-18-4-9-23-24(13-18)35-29(40)34-23/h2-11,13H,12H2,1H3,(H,32,39)(H2,34,35,40)(H,41,42,43)(H3,30,31,33,36,37,38). The summed E-state index contributed by atoms with van der Waals surface area (Å²) < 4.78 is 32.6. The summed E-state index contributed by atoms with van der Waals surface area (Å²) in [6, 6.07) is 18.6. The lowest BCUT2D eigenvalue weighted by Crippen LogP contribution is -2.08. The Hall–Kier alpha value is -5.80. The van der Waals surface area contributed by atoms with Gasteiger partial charge in [-0.25, -0.2) is 4.79 Å². The molecule has 15 heteroatoms. The van der Waals surface area contributed by atoms with Crippen molar-refractivity contribution in [2.45, 2.75) is 18.2 Å². The molecule has 0 fully saturated rings. The highest BCUT2D eigenvalue weighted by molar-refractivity contribution is 7.85. The van der Waals surface area contributed by atoms with Gasteiger partial charge in [-0.2, -0.15) is 23.4 Å². The van der Waals surface area contributed by atoms with Crippen LogP contribution in [0.25, 0.3) is 21.8 Å². The number of rotatable bonds is 7. The molecule has 6 aromatic rings. The molecule has 2 aromatic heterocycles. The molecule has 0 saturated heterocycles. The third kappa shape index (κ3) is 5.28. The molecule has 0 atom stereocenters. The van der Waals surface area contributed by atoms with Crippen molar-refractivity contribution < 1.29 is 17.8 Å². The number of anilines is 7. The van der Waals surface area contributed by atoms with E-state index < -0.39 is 10.1 Å². The van der Waals surface area contributed by atoms with E-state index in [4.69, 9.17) is 0 Å². The molecular formula is C29H23N9O5S. The Kier molecular flexibility index (Phi) is 6.26. The van der Waals surface area contributed by atoms with E-state index in [1.807, 2.05) is 13.0 Å². The molecule has 7 rings (SSSR count). The molecule has 1 aliphatic heterocycles. The lowest BCUT2D eigenvalue weighted by Gasteiger charge is -2.14. The minimum absolute atomic E-state index is 0.0732. The Morgan fingerprint density at radius 2 is 1.45 bits per heavy atom. The van der Waals surface area contributed by atoms with Crippen LogP contribution in [-0.2, 0) is 21.3 Å². The van der Waals surface area contributed by atoms with Crippen LogP contribution in [0.5, 0.6) is 0 Å². The average Bonchev–Trinajstić information content (AvgIpc) is 3.53. The number of aryl methyl sites for hydroxylation is 1. The first-order valence-electron chi connectivity index (χ1n) is 13.3. The molecule has 44 heavy (non-hydrogen) atoms. The van der Waals surface area contributed by atoms with Crippen LogP contribution < -0.4 is 27.0 Å². The molecule has 0 aliphatic carbocycles. The van der Waals surface area contributed by atoms with Gasteiger partial charge in [-0.3, -0.25) is 9.35 Å². The lowest BCUT2D eigenvalue weighted by atomic mass is 10.0. The minimum Gasteiger partial charge on any atom is -0.326 e. The number of fused-ring (bicyclic) bond motifs is 3. The molecular weight excluding hydrogens is 586 g/mol. The van der Waals surface area contributed by atoms with Gasteiger partial charge in [0.25, 0.3) is 10.1 Å². The predicted molar refractivity (Wildman–Crippen MR) is 166 cm³/mol. The third-order valence-electron chi connectivity index (χ3n) is 7.20. The molecule has 0 radical (unpaired) electrons. The molecule has 4 aromatic carbocycles. The number of aromatic amines is 2. The zero-order valence-electron chi connectivity index (χ0n) is 22.9. The average molecular weight is 610 g/mol. The molecule has 7 N–H and O–H groups in total. The van der Waals surface area contributed by atoms with Gasteiger partial charge in [0.2, 0.25) is 23.8 Å². The molecule has 1 amide bonds. The van der Waals surface area contributed by atoms with Gasteiger partial charge in [0.1, 0.15) is 0 Å². The SMILES string of the molecule is Cc1c(Nc2nc(Nc3ccc4c(c3)CC(=O)N4)nc(Nc3ccc4[nH]c(=O)[nH]c4c3)n2)ccc2cc(S(=O)(=O)O)ccc12. The number of hydrogen-bond donors (Lipinski definition) is 7. The van der Waals surface area contributed by atoms with Gasteiger partial charge in [-0.15, -0.1) is 0 Å². The van der Waals surface area contributed by atoms with Crippen LogP contribution in [0.15, 0.2) is 76.4 Å². The maximum Gasteiger partial charge on any atom is 0.323 e. The smallest absolute Gasteiger partial charge is 0.323 e. The maximum atomic E-state index is 11.8. The molecule has 0 saturated carbocycles. The fourth-order valence-electron chi connectivity index (χ4n) is 5.10. The topological polar surface area (TPSA) is 207 Å².